The number of piperidine rings is 1. The standard InChI is InChI=1S/C33H36N2O6/c1-21(2)18-33(31(37)38)17-16-29(30(36)35(33)19-22-12-14-23(40-3)15-13-22)34-32(39)41-20-28-26-10-6-4-8-24(26)25-9-5-7-11-27(25)28/h4-15,21,28-29H,16-20H2,1-3H3,(H,34,39)(H,37,38)/t29-,33+/m1/s1. The van der Waals surface area contributed by atoms with E-state index in [2.05, 4.69) is 17.4 Å². The Morgan fingerprint density at radius 3 is 2.17 bits per heavy atom. The van der Waals surface area contributed by atoms with Crippen molar-refractivity contribution in [2.45, 2.75) is 57.2 Å². The zero-order valence-corrected chi connectivity index (χ0v) is 23.6. The first kappa shape index (κ1) is 28.2. The number of hydrogen-bond donors (Lipinski definition) is 2. The molecule has 8 heteroatoms. The van der Waals surface area contributed by atoms with Crippen LogP contribution >= 0.6 is 0 Å². The molecule has 0 radical (unpaired) electrons. The number of hydrogen-bond acceptors (Lipinski definition) is 5. The molecular formula is C33H36N2O6. The molecule has 2 atom stereocenters. The van der Waals surface area contributed by atoms with Gasteiger partial charge < -0.3 is 24.8 Å². The first-order valence-electron chi connectivity index (χ1n) is 14.0. The Hall–Kier alpha value is -4.33. The van der Waals surface area contributed by atoms with E-state index in [4.69, 9.17) is 9.47 Å². The molecular weight excluding hydrogens is 520 g/mol. The molecule has 1 aliphatic carbocycles. The number of ether oxygens (including phenoxy) is 2. The third-order valence-electron chi connectivity index (χ3n) is 8.21. The third kappa shape index (κ3) is 5.51. The van der Waals surface area contributed by atoms with Gasteiger partial charge in [-0.05, 0) is 65.1 Å². The van der Waals surface area contributed by atoms with Gasteiger partial charge in [0.1, 0.15) is 23.9 Å². The summed E-state index contributed by atoms with van der Waals surface area (Å²) in [6.45, 7) is 4.12. The van der Waals surface area contributed by atoms with E-state index in [-0.39, 0.29) is 37.8 Å². The first-order valence-corrected chi connectivity index (χ1v) is 14.0. The van der Waals surface area contributed by atoms with Crippen molar-refractivity contribution in [3.05, 3.63) is 89.5 Å². The number of nitrogens with one attached hydrogen (secondary N) is 1. The lowest BCUT2D eigenvalue weighted by molar-refractivity contribution is -0.167. The summed E-state index contributed by atoms with van der Waals surface area (Å²) in [7, 11) is 1.57. The quantitative estimate of drug-likeness (QED) is 0.356. The van der Waals surface area contributed by atoms with E-state index in [0.717, 1.165) is 27.8 Å². The Kier molecular flexibility index (Phi) is 8.01. The molecule has 0 bridgehead atoms. The number of carboxylic acids is 1. The summed E-state index contributed by atoms with van der Waals surface area (Å²) in [5.41, 5.74) is 3.86. The van der Waals surface area contributed by atoms with E-state index in [0.29, 0.717) is 12.2 Å². The lowest BCUT2D eigenvalue weighted by atomic mass is 9.78. The highest BCUT2D eigenvalue weighted by atomic mass is 16.5. The second-order valence-corrected chi connectivity index (χ2v) is 11.3. The van der Waals surface area contributed by atoms with Gasteiger partial charge in [0.2, 0.25) is 5.91 Å². The lowest BCUT2D eigenvalue weighted by Crippen LogP contribution is -2.65. The summed E-state index contributed by atoms with van der Waals surface area (Å²) >= 11 is 0. The molecule has 3 aromatic rings. The molecule has 2 aliphatic rings. The van der Waals surface area contributed by atoms with Crippen LogP contribution in [0.3, 0.4) is 0 Å². The number of carboxylic acid groups (broad SMARTS) is 1. The molecule has 0 unspecified atom stereocenters. The van der Waals surface area contributed by atoms with Gasteiger partial charge in [-0.3, -0.25) is 4.79 Å². The summed E-state index contributed by atoms with van der Waals surface area (Å²) in [4.78, 5) is 41.0. The second kappa shape index (κ2) is 11.6. The number of likely N-dealkylation sites (tertiary alicyclic amines) is 1. The fourth-order valence-electron chi connectivity index (χ4n) is 6.30. The predicted octanol–water partition coefficient (Wildman–Crippen LogP) is 5.59. The average Bonchev–Trinajstić information content (AvgIpc) is 3.29. The minimum absolute atomic E-state index is 0.0453. The van der Waals surface area contributed by atoms with Gasteiger partial charge in [-0.25, -0.2) is 9.59 Å². The van der Waals surface area contributed by atoms with Crippen LogP contribution in [0.4, 0.5) is 4.79 Å². The third-order valence-corrected chi connectivity index (χ3v) is 8.21. The summed E-state index contributed by atoms with van der Waals surface area (Å²) in [5.74, 6) is -0.854. The smallest absolute Gasteiger partial charge is 0.407 e. The Labute approximate surface area is 240 Å². The largest absolute Gasteiger partial charge is 0.497 e. The van der Waals surface area contributed by atoms with Crippen molar-refractivity contribution >= 4 is 18.0 Å². The zero-order chi connectivity index (χ0) is 29.1. The molecule has 41 heavy (non-hydrogen) atoms. The van der Waals surface area contributed by atoms with Crippen LogP contribution in [0.5, 0.6) is 5.75 Å². The maximum Gasteiger partial charge on any atom is 0.407 e. The normalized spacial score (nSPS) is 20.0. The van der Waals surface area contributed by atoms with Gasteiger partial charge in [-0.1, -0.05) is 74.5 Å². The van der Waals surface area contributed by atoms with Crippen LogP contribution in [0.15, 0.2) is 72.8 Å². The van der Waals surface area contributed by atoms with Crippen LogP contribution in [0, 0.1) is 5.92 Å². The molecule has 3 aromatic carbocycles. The van der Waals surface area contributed by atoms with Crippen molar-refractivity contribution in [2.24, 2.45) is 5.92 Å². The second-order valence-electron chi connectivity index (χ2n) is 11.3. The number of carbonyl (C=O) groups excluding carboxylic acids is 2. The van der Waals surface area contributed by atoms with Gasteiger partial charge in [-0.15, -0.1) is 0 Å². The van der Waals surface area contributed by atoms with E-state index in [1.807, 2.05) is 62.4 Å². The van der Waals surface area contributed by atoms with E-state index >= 15 is 0 Å². The predicted molar refractivity (Wildman–Crippen MR) is 155 cm³/mol. The van der Waals surface area contributed by atoms with Crippen LogP contribution < -0.4 is 10.1 Å². The van der Waals surface area contributed by atoms with Gasteiger partial charge >= 0.3 is 12.1 Å². The number of fused-ring (bicyclic) bond motifs is 3. The van der Waals surface area contributed by atoms with Gasteiger partial charge in [-0.2, -0.15) is 0 Å². The summed E-state index contributed by atoms with van der Waals surface area (Å²) in [6.07, 6.45) is 0.0427. The Morgan fingerprint density at radius 2 is 1.61 bits per heavy atom. The maximum absolute atomic E-state index is 13.8. The SMILES string of the molecule is COc1ccc(CN2C(=O)[C@H](NC(=O)OCC3c4ccccc4-c4ccccc43)CC[C@]2(CC(C)C)C(=O)O)cc1. The van der Waals surface area contributed by atoms with Gasteiger partial charge in [0.25, 0.3) is 0 Å². The number of alkyl carbamates (subject to hydrolysis) is 1. The number of aliphatic carboxylic acids is 1. The molecule has 1 saturated heterocycles. The number of rotatable bonds is 9. The minimum atomic E-state index is -1.37. The van der Waals surface area contributed by atoms with Crippen LogP contribution in [0.25, 0.3) is 11.1 Å². The summed E-state index contributed by atoms with van der Waals surface area (Å²) < 4.78 is 10.9. The number of benzene rings is 3. The van der Waals surface area contributed by atoms with Crippen molar-refractivity contribution in [2.75, 3.05) is 13.7 Å². The molecule has 0 saturated carbocycles. The highest BCUT2D eigenvalue weighted by molar-refractivity contribution is 5.93. The molecule has 2 amide bonds. The number of methoxy groups -OCH3 is 1. The average molecular weight is 557 g/mol. The maximum atomic E-state index is 13.8. The Bertz CT molecular complexity index is 1390. The van der Waals surface area contributed by atoms with Crippen molar-refractivity contribution in [3.8, 4) is 16.9 Å². The van der Waals surface area contributed by atoms with E-state index in [1.165, 1.54) is 4.90 Å². The first-order chi connectivity index (χ1) is 19.7. The van der Waals surface area contributed by atoms with Crippen molar-refractivity contribution in [1.82, 2.24) is 10.2 Å². The molecule has 1 fully saturated rings. The molecule has 1 heterocycles. The van der Waals surface area contributed by atoms with Crippen molar-refractivity contribution in [1.29, 1.82) is 0 Å². The highest BCUT2D eigenvalue weighted by Crippen LogP contribution is 2.44. The van der Waals surface area contributed by atoms with E-state index < -0.39 is 29.6 Å². The summed E-state index contributed by atoms with van der Waals surface area (Å²) in [5, 5.41) is 13.1. The molecule has 8 nitrogen and oxygen atoms in total. The Morgan fingerprint density at radius 1 is 1.00 bits per heavy atom. The molecule has 2 N–H and O–H groups in total. The Balaban J connectivity index is 1.32. The van der Waals surface area contributed by atoms with Crippen LogP contribution in [0.2, 0.25) is 0 Å². The van der Waals surface area contributed by atoms with Gasteiger partial charge in [0.15, 0.2) is 0 Å². The van der Waals surface area contributed by atoms with E-state index in [9.17, 15) is 19.5 Å². The molecule has 214 valence electrons. The number of nitrogens with zero attached hydrogens (tertiary/aromatic N) is 1. The lowest BCUT2D eigenvalue weighted by Gasteiger charge is -2.47. The summed E-state index contributed by atoms with van der Waals surface area (Å²) in [6, 6.07) is 22.5. The minimum Gasteiger partial charge on any atom is -0.497 e. The van der Waals surface area contributed by atoms with Crippen LogP contribution in [-0.4, -0.2) is 53.3 Å². The fourth-order valence-corrected chi connectivity index (χ4v) is 6.30. The fraction of sp³-hybridized carbons (Fsp3) is 0.364. The highest BCUT2D eigenvalue weighted by Gasteiger charge is 2.52. The van der Waals surface area contributed by atoms with Crippen molar-refractivity contribution < 1.29 is 29.0 Å². The van der Waals surface area contributed by atoms with Gasteiger partial charge in [0.05, 0.1) is 7.11 Å². The van der Waals surface area contributed by atoms with Crippen LogP contribution in [0.1, 0.15) is 55.7 Å². The monoisotopic (exact) mass is 556 g/mol. The zero-order valence-electron chi connectivity index (χ0n) is 23.6. The topological polar surface area (TPSA) is 105 Å². The molecule has 0 spiro atoms. The number of carbonyl (C=O) groups is 3. The van der Waals surface area contributed by atoms with Gasteiger partial charge in [0, 0.05) is 12.5 Å². The molecule has 0 aromatic heterocycles. The van der Waals surface area contributed by atoms with Crippen molar-refractivity contribution in [3.63, 3.8) is 0 Å². The number of amides is 2. The van der Waals surface area contributed by atoms with E-state index in [1.54, 1.807) is 19.2 Å². The van der Waals surface area contributed by atoms with Crippen LogP contribution in [-0.2, 0) is 20.9 Å². The molecule has 1 aliphatic heterocycles. The molecule has 5 rings (SSSR count).